The van der Waals surface area contributed by atoms with Gasteiger partial charge in [-0.25, -0.2) is 4.39 Å². The molecule has 2 aromatic carbocycles. The standard InChI is InChI=1S/C24H23FN2O3/c1-14-21(24(29)27-17-11-9-16(25)10-12-17)22(15-5-3-6-18(13-15)30-2)23-19(26-14)7-4-8-20(23)28/h3,5-6,9-13,22,26H,4,7-8H2,1-2H3,(H,27,29)/t22-/m0/s1. The van der Waals surface area contributed by atoms with Gasteiger partial charge in [0.15, 0.2) is 5.78 Å². The number of ether oxygens (including phenoxy) is 1. The summed E-state index contributed by atoms with van der Waals surface area (Å²) in [6.45, 7) is 1.84. The van der Waals surface area contributed by atoms with Gasteiger partial charge in [0.25, 0.3) is 5.91 Å². The van der Waals surface area contributed by atoms with Crippen molar-refractivity contribution in [3.8, 4) is 5.75 Å². The Morgan fingerprint density at radius 1 is 1.17 bits per heavy atom. The second-order valence-electron chi connectivity index (χ2n) is 7.50. The minimum absolute atomic E-state index is 0.0520. The Morgan fingerprint density at radius 2 is 1.93 bits per heavy atom. The van der Waals surface area contributed by atoms with Crippen molar-refractivity contribution in [3.05, 3.63) is 82.5 Å². The molecule has 0 fully saturated rings. The average Bonchev–Trinajstić information content (AvgIpc) is 2.74. The highest BCUT2D eigenvalue weighted by molar-refractivity contribution is 6.09. The van der Waals surface area contributed by atoms with Crippen molar-refractivity contribution in [3.63, 3.8) is 0 Å². The lowest BCUT2D eigenvalue weighted by Gasteiger charge is -2.34. The minimum Gasteiger partial charge on any atom is -0.497 e. The van der Waals surface area contributed by atoms with Crippen LogP contribution in [0.2, 0.25) is 0 Å². The molecule has 0 aromatic heterocycles. The van der Waals surface area contributed by atoms with E-state index in [1.807, 2.05) is 31.2 Å². The SMILES string of the molecule is COc1cccc([C@H]2C(C(=O)Nc3ccc(F)cc3)=C(C)NC3=C2C(=O)CCC3)c1. The number of benzene rings is 2. The van der Waals surface area contributed by atoms with E-state index in [0.717, 1.165) is 24.1 Å². The molecule has 1 heterocycles. The number of rotatable bonds is 4. The number of nitrogens with one attached hydrogen (secondary N) is 2. The molecular formula is C24H23FN2O3. The van der Waals surface area contributed by atoms with Gasteiger partial charge < -0.3 is 15.4 Å². The third-order valence-electron chi connectivity index (χ3n) is 5.55. The Hall–Kier alpha value is -3.41. The average molecular weight is 406 g/mol. The number of hydrogen-bond acceptors (Lipinski definition) is 4. The molecule has 2 aliphatic rings. The molecule has 0 bridgehead atoms. The zero-order chi connectivity index (χ0) is 21.3. The molecule has 0 unspecified atom stereocenters. The molecule has 30 heavy (non-hydrogen) atoms. The van der Waals surface area contributed by atoms with E-state index in [9.17, 15) is 14.0 Å². The first-order chi connectivity index (χ1) is 14.5. The third-order valence-corrected chi connectivity index (χ3v) is 5.55. The van der Waals surface area contributed by atoms with Crippen molar-refractivity contribution in [1.82, 2.24) is 5.32 Å². The molecule has 154 valence electrons. The van der Waals surface area contributed by atoms with E-state index in [4.69, 9.17) is 4.74 Å². The maximum atomic E-state index is 13.3. The number of ketones is 1. The van der Waals surface area contributed by atoms with Gasteiger partial charge in [0.05, 0.1) is 7.11 Å². The summed E-state index contributed by atoms with van der Waals surface area (Å²) in [5.41, 5.74) is 4.01. The first-order valence-corrected chi connectivity index (χ1v) is 9.93. The fourth-order valence-corrected chi connectivity index (χ4v) is 4.17. The second-order valence-corrected chi connectivity index (χ2v) is 7.50. The molecular weight excluding hydrogens is 383 g/mol. The molecule has 5 nitrogen and oxygen atoms in total. The molecule has 1 atom stereocenters. The highest BCUT2D eigenvalue weighted by atomic mass is 19.1. The van der Waals surface area contributed by atoms with Crippen molar-refractivity contribution in [2.24, 2.45) is 0 Å². The van der Waals surface area contributed by atoms with Gasteiger partial charge >= 0.3 is 0 Å². The number of allylic oxidation sites excluding steroid dienone is 3. The molecule has 0 saturated carbocycles. The maximum absolute atomic E-state index is 13.3. The smallest absolute Gasteiger partial charge is 0.254 e. The van der Waals surface area contributed by atoms with Gasteiger partial charge in [-0.05, 0) is 61.7 Å². The largest absolute Gasteiger partial charge is 0.497 e. The van der Waals surface area contributed by atoms with Gasteiger partial charge in [0.2, 0.25) is 0 Å². The summed E-state index contributed by atoms with van der Waals surface area (Å²) in [6.07, 6.45) is 2.03. The van der Waals surface area contributed by atoms with Gasteiger partial charge in [-0.1, -0.05) is 12.1 Å². The number of halogens is 1. The summed E-state index contributed by atoms with van der Waals surface area (Å²) < 4.78 is 18.6. The first kappa shape index (κ1) is 19.9. The lowest BCUT2D eigenvalue weighted by molar-refractivity contribution is -0.116. The number of Topliss-reactive ketones (excluding diaryl/α,β-unsaturated/α-hetero) is 1. The number of methoxy groups -OCH3 is 1. The molecule has 0 saturated heterocycles. The van der Waals surface area contributed by atoms with E-state index in [0.29, 0.717) is 34.7 Å². The molecule has 1 aliphatic heterocycles. The molecule has 2 aromatic rings. The zero-order valence-electron chi connectivity index (χ0n) is 16.9. The van der Waals surface area contributed by atoms with Crippen molar-refractivity contribution in [1.29, 1.82) is 0 Å². The Balaban J connectivity index is 1.79. The van der Waals surface area contributed by atoms with Crippen LogP contribution in [0.1, 0.15) is 37.7 Å². The zero-order valence-corrected chi connectivity index (χ0v) is 16.9. The normalized spacial score (nSPS) is 18.6. The van der Waals surface area contributed by atoms with Crippen LogP contribution in [-0.2, 0) is 9.59 Å². The Bertz CT molecular complexity index is 1070. The summed E-state index contributed by atoms with van der Waals surface area (Å²) in [4.78, 5) is 26.2. The third kappa shape index (κ3) is 3.73. The van der Waals surface area contributed by atoms with Crippen LogP contribution in [0.3, 0.4) is 0 Å². The lowest BCUT2D eigenvalue weighted by atomic mass is 9.75. The van der Waals surface area contributed by atoms with Gasteiger partial charge in [0, 0.05) is 40.6 Å². The molecule has 2 N–H and O–H groups in total. The van der Waals surface area contributed by atoms with Crippen molar-refractivity contribution in [2.75, 3.05) is 12.4 Å². The molecule has 4 rings (SSSR count). The van der Waals surface area contributed by atoms with Gasteiger partial charge in [0.1, 0.15) is 11.6 Å². The molecule has 1 aliphatic carbocycles. The van der Waals surface area contributed by atoms with Crippen molar-refractivity contribution < 1.29 is 18.7 Å². The fourth-order valence-electron chi connectivity index (χ4n) is 4.17. The number of carbonyl (C=O) groups excluding carboxylic acids is 2. The molecule has 6 heteroatoms. The van der Waals surface area contributed by atoms with E-state index in [-0.39, 0.29) is 17.5 Å². The van der Waals surface area contributed by atoms with Crippen LogP contribution in [0.15, 0.2) is 71.1 Å². The van der Waals surface area contributed by atoms with Crippen molar-refractivity contribution in [2.45, 2.75) is 32.1 Å². The lowest BCUT2D eigenvalue weighted by Crippen LogP contribution is -2.35. The van der Waals surface area contributed by atoms with Crippen LogP contribution in [0, 0.1) is 5.82 Å². The van der Waals surface area contributed by atoms with Gasteiger partial charge in [-0.3, -0.25) is 9.59 Å². The monoisotopic (exact) mass is 406 g/mol. The Kier molecular flexibility index (Phi) is 5.40. The highest BCUT2D eigenvalue weighted by Crippen LogP contribution is 2.43. The minimum atomic E-state index is -0.496. The van der Waals surface area contributed by atoms with Gasteiger partial charge in [-0.15, -0.1) is 0 Å². The summed E-state index contributed by atoms with van der Waals surface area (Å²) in [5, 5.41) is 6.13. The molecule has 1 amide bonds. The van der Waals surface area contributed by atoms with E-state index >= 15 is 0 Å². The summed E-state index contributed by atoms with van der Waals surface area (Å²) in [5.74, 6) is -0.489. The van der Waals surface area contributed by atoms with E-state index < -0.39 is 5.92 Å². The van der Waals surface area contributed by atoms with E-state index in [1.165, 1.54) is 24.3 Å². The summed E-state index contributed by atoms with van der Waals surface area (Å²) >= 11 is 0. The van der Waals surface area contributed by atoms with E-state index in [2.05, 4.69) is 10.6 Å². The summed E-state index contributed by atoms with van der Waals surface area (Å²) in [7, 11) is 1.58. The predicted molar refractivity (Wildman–Crippen MR) is 112 cm³/mol. The predicted octanol–water partition coefficient (Wildman–Crippen LogP) is 4.44. The number of anilines is 1. The fraction of sp³-hybridized carbons (Fsp3) is 0.250. The summed E-state index contributed by atoms with van der Waals surface area (Å²) in [6, 6.07) is 13.1. The number of carbonyl (C=O) groups is 2. The van der Waals surface area contributed by atoms with Crippen LogP contribution < -0.4 is 15.4 Å². The van der Waals surface area contributed by atoms with Crippen LogP contribution in [-0.4, -0.2) is 18.8 Å². The molecule has 0 radical (unpaired) electrons. The Labute approximate surface area is 174 Å². The topological polar surface area (TPSA) is 67.4 Å². The first-order valence-electron chi connectivity index (χ1n) is 9.93. The number of dihydropyridines is 1. The molecule has 0 spiro atoms. The number of hydrogen-bond donors (Lipinski definition) is 2. The van der Waals surface area contributed by atoms with Crippen LogP contribution in [0.5, 0.6) is 5.75 Å². The second kappa shape index (κ2) is 8.14. The number of amides is 1. The van der Waals surface area contributed by atoms with Crippen molar-refractivity contribution >= 4 is 17.4 Å². The van der Waals surface area contributed by atoms with Crippen LogP contribution >= 0.6 is 0 Å². The van der Waals surface area contributed by atoms with Gasteiger partial charge in [-0.2, -0.15) is 0 Å². The maximum Gasteiger partial charge on any atom is 0.254 e. The van der Waals surface area contributed by atoms with E-state index in [1.54, 1.807) is 7.11 Å². The Morgan fingerprint density at radius 3 is 2.67 bits per heavy atom. The van der Waals surface area contributed by atoms with Crippen LogP contribution in [0.4, 0.5) is 10.1 Å². The quantitative estimate of drug-likeness (QED) is 0.788. The highest BCUT2D eigenvalue weighted by Gasteiger charge is 2.38. The van der Waals surface area contributed by atoms with Crippen LogP contribution in [0.25, 0.3) is 0 Å².